The van der Waals surface area contributed by atoms with Gasteiger partial charge in [-0.2, -0.15) is 22.0 Å². The number of rotatable bonds is 22. The topological polar surface area (TPSA) is 71.1 Å². The monoisotopic (exact) mass is 724 g/mol. The van der Waals surface area contributed by atoms with Crippen molar-refractivity contribution in [2.24, 2.45) is 0 Å². The summed E-state index contributed by atoms with van der Waals surface area (Å²) in [4.78, 5) is 25.2. The van der Waals surface area contributed by atoms with Gasteiger partial charge in [0, 0.05) is 19.3 Å². The van der Waals surface area contributed by atoms with Crippen molar-refractivity contribution < 1.29 is 54.9 Å². The lowest BCUT2D eigenvalue weighted by Gasteiger charge is -2.28. The van der Waals surface area contributed by atoms with Crippen LogP contribution in [0.2, 0.25) is 0 Å². The van der Waals surface area contributed by atoms with E-state index in [0.717, 1.165) is 41.9 Å². The summed E-state index contributed by atoms with van der Waals surface area (Å²) in [7, 11) is 0. The first kappa shape index (κ1) is 41.4. The predicted molar refractivity (Wildman–Crippen MR) is 182 cm³/mol. The molecule has 0 saturated carbocycles. The molecule has 0 heterocycles. The van der Waals surface area contributed by atoms with Crippen LogP contribution in [0.5, 0.6) is 11.5 Å². The zero-order chi connectivity index (χ0) is 37.3. The van der Waals surface area contributed by atoms with Crippen LogP contribution in [-0.4, -0.2) is 50.0 Å². The average molecular weight is 725 g/mol. The number of esters is 2. The van der Waals surface area contributed by atoms with Crippen molar-refractivity contribution in [1.82, 2.24) is 0 Å². The van der Waals surface area contributed by atoms with Crippen LogP contribution in [0.1, 0.15) is 105 Å². The van der Waals surface area contributed by atoms with Gasteiger partial charge >= 0.3 is 24.0 Å². The molecule has 0 fully saturated rings. The van der Waals surface area contributed by atoms with E-state index >= 15 is 0 Å². The molecule has 51 heavy (non-hydrogen) atoms. The Morgan fingerprint density at radius 1 is 0.667 bits per heavy atom. The van der Waals surface area contributed by atoms with Gasteiger partial charge < -0.3 is 18.9 Å². The van der Waals surface area contributed by atoms with Crippen LogP contribution in [0.25, 0.3) is 11.1 Å². The van der Waals surface area contributed by atoms with Gasteiger partial charge in [-0.05, 0) is 80.1 Å². The number of hydrogen-bond acceptors (Lipinski definition) is 6. The lowest BCUT2D eigenvalue weighted by molar-refractivity contribution is -0.312. The molecule has 3 aromatic carbocycles. The zero-order valence-electron chi connectivity index (χ0n) is 29.0. The van der Waals surface area contributed by atoms with Crippen molar-refractivity contribution >= 4 is 11.9 Å². The molecule has 0 aromatic heterocycles. The molecule has 6 nitrogen and oxygen atoms in total. The molecule has 0 aliphatic carbocycles. The van der Waals surface area contributed by atoms with Crippen LogP contribution < -0.4 is 9.47 Å². The lowest BCUT2D eigenvalue weighted by atomic mass is 10.0. The van der Waals surface area contributed by atoms with Gasteiger partial charge in [0.2, 0.25) is 0 Å². The summed E-state index contributed by atoms with van der Waals surface area (Å²) in [6, 6.07) is 16.4. The molecule has 280 valence electrons. The molecule has 3 rings (SSSR count). The van der Waals surface area contributed by atoms with E-state index in [2.05, 4.69) is 11.7 Å². The fraction of sp³-hybridized carbons (Fsp3) is 0.487. The summed E-state index contributed by atoms with van der Waals surface area (Å²) in [5, 5.41) is 0. The largest absolute Gasteiger partial charge is 0.494 e. The molecule has 0 radical (unpaired) electrons. The number of benzene rings is 3. The standard InChI is InChI=1S/C39H46F6O6/c1-3-5-6-7-8-9-10-12-26-49-31-21-19-29(20-22-31)28-15-17-30(18-16-28)36(46)50-32-23-24-33(34(40)27-32)37(47)51-35(14-11-13-25-48-4-2)38(41,42)39(43,44)45/h15-24,27,35H,3-14,25-26H2,1-2H3. The number of hydrogen-bond donors (Lipinski definition) is 0. The summed E-state index contributed by atoms with van der Waals surface area (Å²) >= 11 is 0. The van der Waals surface area contributed by atoms with Crippen molar-refractivity contribution in [3.63, 3.8) is 0 Å². The predicted octanol–water partition coefficient (Wildman–Crippen LogP) is 11.2. The van der Waals surface area contributed by atoms with E-state index in [4.69, 9.17) is 14.2 Å². The Hall–Kier alpha value is -4.06. The van der Waals surface area contributed by atoms with Gasteiger partial charge in [0.05, 0.1) is 17.7 Å². The van der Waals surface area contributed by atoms with Gasteiger partial charge in [0.1, 0.15) is 17.3 Å². The molecule has 0 aliphatic rings. The average Bonchev–Trinajstić information content (AvgIpc) is 3.10. The maximum absolute atomic E-state index is 14.8. The molecule has 0 spiro atoms. The Kier molecular flexibility index (Phi) is 16.8. The van der Waals surface area contributed by atoms with Crippen molar-refractivity contribution in [2.75, 3.05) is 19.8 Å². The lowest BCUT2D eigenvalue weighted by Crippen LogP contribution is -2.49. The summed E-state index contributed by atoms with van der Waals surface area (Å²) in [6.45, 7) is 5.01. The SMILES string of the molecule is CCCCCCCCCCOc1ccc(-c2ccc(C(=O)Oc3ccc(C(=O)OC(CCCCOCC)C(F)(F)C(F)(F)F)c(F)c3)cc2)cc1. The van der Waals surface area contributed by atoms with E-state index in [-0.39, 0.29) is 30.8 Å². The summed E-state index contributed by atoms with van der Waals surface area (Å²) in [5.74, 6) is -8.84. The van der Waals surface area contributed by atoms with Crippen molar-refractivity contribution in [3.8, 4) is 22.6 Å². The third-order valence-corrected chi connectivity index (χ3v) is 8.19. The molecule has 3 aromatic rings. The van der Waals surface area contributed by atoms with E-state index in [9.17, 15) is 35.9 Å². The van der Waals surface area contributed by atoms with Crippen molar-refractivity contribution in [1.29, 1.82) is 0 Å². The van der Waals surface area contributed by atoms with E-state index in [1.165, 1.54) is 50.7 Å². The number of carbonyl (C=O) groups is 2. The van der Waals surface area contributed by atoms with E-state index in [0.29, 0.717) is 19.3 Å². The molecular formula is C39H46F6O6. The van der Waals surface area contributed by atoms with Crippen LogP contribution in [0, 0.1) is 5.82 Å². The van der Waals surface area contributed by atoms with Crippen molar-refractivity contribution in [2.45, 2.75) is 103 Å². The van der Waals surface area contributed by atoms with Gasteiger partial charge in [-0.15, -0.1) is 0 Å². The van der Waals surface area contributed by atoms with E-state index in [1.807, 2.05) is 24.3 Å². The van der Waals surface area contributed by atoms with Gasteiger partial charge in [-0.3, -0.25) is 0 Å². The third-order valence-electron chi connectivity index (χ3n) is 8.19. The second kappa shape index (κ2) is 20.7. The number of carbonyl (C=O) groups excluding carboxylic acids is 2. The zero-order valence-corrected chi connectivity index (χ0v) is 29.0. The Morgan fingerprint density at radius 3 is 1.82 bits per heavy atom. The number of unbranched alkanes of at least 4 members (excludes halogenated alkanes) is 8. The van der Waals surface area contributed by atoms with E-state index in [1.54, 1.807) is 19.1 Å². The minimum Gasteiger partial charge on any atom is -0.494 e. The quantitative estimate of drug-likeness (QED) is 0.0445. The van der Waals surface area contributed by atoms with Gasteiger partial charge in [-0.25, -0.2) is 14.0 Å². The number of ether oxygens (including phenoxy) is 4. The summed E-state index contributed by atoms with van der Waals surface area (Å²) in [6.07, 6.45) is 0.0272. The third kappa shape index (κ3) is 13.2. The highest BCUT2D eigenvalue weighted by Crippen LogP contribution is 2.41. The first-order valence-corrected chi connectivity index (χ1v) is 17.5. The highest BCUT2D eigenvalue weighted by atomic mass is 19.4. The molecular weight excluding hydrogens is 678 g/mol. The van der Waals surface area contributed by atoms with E-state index < -0.39 is 47.9 Å². The molecule has 1 atom stereocenters. The molecule has 1 unspecified atom stereocenters. The minimum atomic E-state index is -6.00. The highest BCUT2D eigenvalue weighted by Gasteiger charge is 2.63. The highest BCUT2D eigenvalue weighted by molar-refractivity contribution is 5.92. The Labute approximate surface area is 295 Å². The first-order valence-electron chi connectivity index (χ1n) is 17.5. The maximum atomic E-state index is 14.8. The van der Waals surface area contributed by atoms with Gasteiger partial charge in [-0.1, -0.05) is 76.1 Å². The summed E-state index contributed by atoms with van der Waals surface area (Å²) < 4.78 is 103. The molecule has 0 N–H and O–H groups in total. The molecule has 0 bridgehead atoms. The maximum Gasteiger partial charge on any atom is 0.457 e. The van der Waals surface area contributed by atoms with Crippen molar-refractivity contribution in [3.05, 3.63) is 83.7 Å². The Morgan fingerprint density at radius 2 is 1.24 bits per heavy atom. The number of halogens is 6. The second-order valence-electron chi connectivity index (χ2n) is 12.2. The molecule has 0 saturated heterocycles. The molecule has 0 amide bonds. The summed E-state index contributed by atoms with van der Waals surface area (Å²) in [5.41, 5.74) is 0.939. The van der Waals surface area contributed by atoms with Crippen LogP contribution in [0.4, 0.5) is 26.3 Å². The van der Waals surface area contributed by atoms with Gasteiger partial charge in [0.15, 0.2) is 6.10 Å². The fourth-order valence-corrected chi connectivity index (χ4v) is 5.23. The molecule has 12 heteroatoms. The van der Waals surface area contributed by atoms with Crippen LogP contribution >= 0.6 is 0 Å². The smallest absolute Gasteiger partial charge is 0.457 e. The minimum absolute atomic E-state index is 0.122. The van der Waals surface area contributed by atoms with Crippen LogP contribution in [0.3, 0.4) is 0 Å². The van der Waals surface area contributed by atoms with Gasteiger partial charge in [0.25, 0.3) is 0 Å². The van der Waals surface area contributed by atoms with Crippen LogP contribution in [-0.2, 0) is 9.47 Å². The Balaban J connectivity index is 1.53. The fourth-order valence-electron chi connectivity index (χ4n) is 5.23. The number of alkyl halides is 5. The normalized spacial score (nSPS) is 12.4. The first-order chi connectivity index (χ1) is 24.4. The molecule has 0 aliphatic heterocycles. The van der Waals surface area contributed by atoms with Crippen LogP contribution in [0.15, 0.2) is 66.7 Å². The Bertz CT molecular complexity index is 1490. The second-order valence-corrected chi connectivity index (χ2v) is 12.2.